The average molecular weight is 292 g/mol. The van der Waals surface area contributed by atoms with Gasteiger partial charge in [-0.15, -0.1) is 0 Å². The number of methoxy groups -OCH3 is 2. The van der Waals surface area contributed by atoms with Crippen LogP contribution in [0.3, 0.4) is 0 Å². The number of nitrogens with zero attached hydrogens (tertiary/aromatic N) is 1. The Kier molecular flexibility index (Phi) is 4.67. The van der Waals surface area contributed by atoms with Gasteiger partial charge in [-0.05, 0) is 19.1 Å². The highest BCUT2D eigenvalue weighted by molar-refractivity contribution is 5.95. The third-order valence-corrected chi connectivity index (χ3v) is 3.60. The summed E-state index contributed by atoms with van der Waals surface area (Å²) in [4.78, 5) is 25.6. The minimum absolute atomic E-state index is 0.0237. The Balaban J connectivity index is 2.28. The summed E-state index contributed by atoms with van der Waals surface area (Å²) in [5, 5.41) is 2.75. The second-order valence-corrected chi connectivity index (χ2v) is 4.90. The SMILES string of the molecule is COc1cc(C(=O)N2CCNC(=O)CC2)cc(OC)c1C. The first kappa shape index (κ1) is 15.2. The van der Waals surface area contributed by atoms with Crippen LogP contribution in [0.1, 0.15) is 22.3 Å². The summed E-state index contributed by atoms with van der Waals surface area (Å²) >= 11 is 0. The lowest BCUT2D eigenvalue weighted by Crippen LogP contribution is -2.34. The van der Waals surface area contributed by atoms with Gasteiger partial charge >= 0.3 is 0 Å². The second kappa shape index (κ2) is 6.47. The van der Waals surface area contributed by atoms with Crippen molar-refractivity contribution in [1.82, 2.24) is 10.2 Å². The lowest BCUT2D eigenvalue weighted by molar-refractivity contribution is -0.120. The number of carbonyl (C=O) groups is 2. The molecule has 0 atom stereocenters. The summed E-state index contributed by atoms with van der Waals surface area (Å²) in [7, 11) is 3.12. The lowest BCUT2D eigenvalue weighted by atomic mass is 10.1. The summed E-state index contributed by atoms with van der Waals surface area (Å²) in [6, 6.07) is 3.42. The van der Waals surface area contributed by atoms with Crippen LogP contribution in [0.15, 0.2) is 12.1 Å². The molecule has 2 amide bonds. The van der Waals surface area contributed by atoms with Crippen molar-refractivity contribution in [1.29, 1.82) is 0 Å². The Morgan fingerprint density at radius 2 is 1.81 bits per heavy atom. The Bertz CT molecular complexity index is 532. The van der Waals surface area contributed by atoms with E-state index in [-0.39, 0.29) is 11.8 Å². The van der Waals surface area contributed by atoms with Crippen LogP contribution >= 0.6 is 0 Å². The number of hydrogen-bond donors (Lipinski definition) is 1. The first-order valence-corrected chi connectivity index (χ1v) is 6.85. The Morgan fingerprint density at radius 3 is 2.38 bits per heavy atom. The van der Waals surface area contributed by atoms with E-state index in [1.54, 1.807) is 31.3 Å². The summed E-state index contributed by atoms with van der Waals surface area (Å²) in [6.07, 6.45) is 0.325. The van der Waals surface area contributed by atoms with Crippen molar-refractivity contribution in [3.63, 3.8) is 0 Å². The van der Waals surface area contributed by atoms with E-state index in [1.807, 2.05) is 6.92 Å². The maximum atomic E-state index is 12.6. The number of carbonyl (C=O) groups excluding carboxylic acids is 2. The third-order valence-electron chi connectivity index (χ3n) is 3.60. The van der Waals surface area contributed by atoms with Gasteiger partial charge in [-0.3, -0.25) is 9.59 Å². The van der Waals surface area contributed by atoms with Crippen LogP contribution in [0, 0.1) is 6.92 Å². The van der Waals surface area contributed by atoms with Crippen molar-refractivity contribution >= 4 is 11.8 Å². The molecule has 0 radical (unpaired) electrons. The molecule has 1 aromatic carbocycles. The molecular formula is C15H20N2O4. The predicted octanol–water partition coefficient (Wildman–Crippen LogP) is 0.974. The molecule has 2 rings (SSSR count). The molecule has 1 aromatic rings. The molecule has 1 aliphatic rings. The average Bonchev–Trinajstić information content (AvgIpc) is 2.71. The number of nitrogens with one attached hydrogen (secondary N) is 1. The van der Waals surface area contributed by atoms with E-state index < -0.39 is 0 Å². The van der Waals surface area contributed by atoms with Crippen molar-refractivity contribution < 1.29 is 19.1 Å². The quantitative estimate of drug-likeness (QED) is 0.901. The summed E-state index contributed by atoms with van der Waals surface area (Å²) in [5.41, 5.74) is 1.35. The van der Waals surface area contributed by atoms with Gasteiger partial charge < -0.3 is 19.7 Å². The zero-order valence-electron chi connectivity index (χ0n) is 12.6. The molecule has 1 saturated heterocycles. The summed E-state index contributed by atoms with van der Waals surface area (Å²) in [6.45, 7) is 3.28. The van der Waals surface area contributed by atoms with Gasteiger partial charge in [0, 0.05) is 37.2 Å². The van der Waals surface area contributed by atoms with E-state index in [0.29, 0.717) is 43.1 Å². The molecule has 1 heterocycles. The van der Waals surface area contributed by atoms with Gasteiger partial charge in [0.25, 0.3) is 5.91 Å². The largest absolute Gasteiger partial charge is 0.496 e. The molecule has 0 aliphatic carbocycles. The third kappa shape index (κ3) is 3.26. The predicted molar refractivity (Wildman–Crippen MR) is 77.8 cm³/mol. The van der Waals surface area contributed by atoms with Crippen molar-refractivity contribution in [2.24, 2.45) is 0 Å². The molecule has 0 spiro atoms. The van der Waals surface area contributed by atoms with Gasteiger partial charge in [-0.2, -0.15) is 0 Å². The normalized spacial score (nSPS) is 15.2. The van der Waals surface area contributed by atoms with E-state index in [9.17, 15) is 9.59 Å². The van der Waals surface area contributed by atoms with E-state index in [4.69, 9.17) is 9.47 Å². The smallest absolute Gasteiger partial charge is 0.254 e. The van der Waals surface area contributed by atoms with Crippen molar-refractivity contribution in [2.75, 3.05) is 33.9 Å². The Hall–Kier alpha value is -2.24. The first-order chi connectivity index (χ1) is 10.1. The number of rotatable bonds is 3. The molecule has 0 saturated carbocycles. The number of benzene rings is 1. The molecule has 1 aliphatic heterocycles. The fourth-order valence-corrected chi connectivity index (χ4v) is 2.36. The zero-order valence-corrected chi connectivity index (χ0v) is 12.6. The van der Waals surface area contributed by atoms with Gasteiger partial charge in [-0.25, -0.2) is 0 Å². The van der Waals surface area contributed by atoms with E-state index in [1.165, 1.54) is 0 Å². The van der Waals surface area contributed by atoms with Gasteiger partial charge in [0.2, 0.25) is 5.91 Å². The first-order valence-electron chi connectivity index (χ1n) is 6.85. The van der Waals surface area contributed by atoms with Crippen LogP contribution < -0.4 is 14.8 Å². The number of amides is 2. The minimum atomic E-state index is -0.122. The highest BCUT2D eigenvalue weighted by atomic mass is 16.5. The molecule has 6 heteroatoms. The van der Waals surface area contributed by atoms with Gasteiger partial charge in [0.15, 0.2) is 0 Å². The highest BCUT2D eigenvalue weighted by Gasteiger charge is 2.21. The maximum Gasteiger partial charge on any atom is 0.254 e. The molecule has 1 fully saturated rings. The molecule has 0 unspecified atom stereocenters. The standard InChI is InChI=1S/C15H20N2O4/c1-10-12(20-2)8-11(9-13(10)21-3)15(19)17-6-4-14(18)16-5-7-17/h8-9H,4-7H2,1-3H3,(H,16,18). The lowest BCUT2D eigenvalue weighted by Gasteiger charge is -2.21. The van der Waals surface area contributed by atoms with Gasteiger partial charge in [0.05, 0.1) is 14.2 Å². The summed E-state index contributed by atoms with van der Waals surface area (Å²) < 4.78 is 10.6. The fraction of sp³-hybridized carbons (Fsp3) is 0.467. The monoisotopic (exact) mass is 292 g/mol. The molecule has 114 valence electrons. The molecular weight excluding hydrogens is 272 g/mol. The van der Waals surface area contributed by atoms with Gasteiger partial charge in [0.1, 0.15) is 11.5 Å². The van der Waals surface area contributed by atoms with Crippen molar-refractivity contribution in [2.45, 2.75) is 13.3 Å². The van der Waals surface area contributed by atoms with Crippen LogP contribution in [0.4, 0.5) is 0 Å². The van der Waals surface area contributed by atoms with Crippen molar-refractivity contribution in [3.05, 3.63) is 23.3 Å². The van der Waals surface area contributed by atoms with Crippen LogP contribution in [-0.2, 0) is 4.79 Å². The van der Waals surface area contributed by atoms with Crippen LogP contribution in [0.5, 0.6) is 11.5 Å². The number of ether oxygens (including phenoxy) is 2. The van der Waals surface area contributed by atoms with Crippen LogP contribution in [0.2, 0.25) is 0 Å². The second-order valence-electron chi connectivity index (χ2n) is 4.90. The zero-order chi connectivity index (χ0) is 15.4. The number of hydrogen-bond acceptors (Lipinski definition) is 4. The topological polar surface area (TPSA) is 67.9 Å². The van der Waals surface area contributed by atoms with Crippen LogP contribution in [-0.4, -0.2) is 50.6 Å². The fourth-order valence-electron chi connectivity index (χ4n) is 2.36. The van der Waals surface area contributed by atoms with E-state index in [2.05, 4.69) is 5.32 Å². The van der Waals surface area contributed by atoms with Crippen LogP contribution in [0.25, 0.3) is 0 Å². The maximum absolute atomic E-state index is 12.6. The van der Waals surface area contributed by atoms with Gasteiger partial charge in [-0.1, -0.05) is 0 Å². The molecule has 0 aromatic heterocycles. The highest BCUT2D eigenvalue weighted by Crippen LogP contribution is 2.30. The Morgan fingerprint density at radius 1 is 1.19 bits per heavy atom. The minimum Gasteiger partial charge on any atom is -0.496 e. The Labute approximate surface area is 124 Å². The molecule has 0 bridgehead atoms. The molecule has 6 nitrogen and oxygen atoms in total. The molecule has 21 heavy (non-hydrogen) atoms. The summed E-state index contributed by atoms with van der Waals surface area (Å²) in [5.74, 6) is 1.08. The van der Waals surface area contributed by atoms with E-state index in [0.717, 1.165) is 5.56 Å². The molecule has 1 N–H and O–H groups in total. The van der Waals surface area contributed by atoms with E-state index >= 15 is 0 Å². The van der Waals surface area contributed by atoms with Crippen molar-refractivity contribution in [3.8, 4) is 11.5 Å².